The fourth-order valence-corrected chi connectivity index (χ4v) is 1.91. The van der Waals surface area contributed by atoms with Crippen LogP contribution in [0.15, 0.2) is 18.2 Å². The van der Waals surface area contributed by atoms with Crippen LogP contribution in [0.1, 0.15) is 17.3 Å². The summed E-state index contributed by atoms with van der Waals surface area (Å²) in [6, 6.07) is 4.01. The van der Waals surface area contributed by atoms with Crippen molar-refractivity contribution in [2.75, 3.05) is 34.3 Å². The number of halogens is 1. The number of amides is 1. The molecule has 0 aliphatic heterocycles. The molecule has 2 N–H and O–H groups in total. The zero-order valence-electron chi connectivity index (χ0n) is 12.2. The number of nitrogens with zero attached hydrogens (tertiary/aromatic N) is 1. The summed E-state index contributed by atoms with van der Waals surface area (Å²) in [6.45, 7) is 2.03. The number of nitrogens with one attached hydrogen (secondary N) is 1. The van der Waals surface area contributed by atoms with Crippen molar-refractivity contribution in [3.8, 4) is 5.75 Å². The fourth-order valence-electron chi connectivity index (χ4n) is 1.91. The van der Waals surface area contributed by atoms with Crippen LogP contribution in [0.2, 0.25) is 0 Å². The van der Waals surface area contributed by atoms with Crippen LogP contribution in [0.4, 0.5) is 4.39 Å². The molecule has 0 radical (unpaired) electrons. The third-order valence-electron chi connectivity index (χ3n) is 2.71. The van der Waals surface area contributed by atoms with Gasteiger partial charge >= 0.3 is 0 Å². The van der Waals surface area contributed by atoms with Gasteiger partial charge in [0.25, 0.3) is 5.91 Å². The summed E-state index contributed by atoms with van der Waals surface area (Å²) in [4.78, 5) is 13.7. The van der Waals surface area contributed by atoms with E-state index in [9.17, 15) is 14.3 Å². The highest BCUT2D eigenvalue weighted by Gasteiger charge is 2.23. The summed E-state index contributed by atoms with van der Waals surface area (Å²) in [6.07, 6.45) is 0. The molecule has 1 unspecified atom stereocenters. The maximum atomic E-state index is 13.7. The summed E-state index contributed by atoms with van der Waals surface area (Å²) in [7, 11) is 5.06. The summed E-state index contributed by atoms with van der Waals surface area (Å²) in [5, 5.41) is 12.6. The van der Waals surface area contributed by atoms with Gasteiger partial charge in [-0.15, -0.1) is 0 Å². The first-order valence-electron chi connectivity index (χ1n) is 6.24. The Morgan fingerprint density at radius 3 is 2.65 bits per heavy atom. The van der Waals surface area contributed by atoms with Gasteiger partial charge in [0.05, 0.1) is 18.3 Å². The van der Waals surface area contributed by atoms with Gasteiger partial charge in [0.15, 0.2) is 0 Å². The molecule has 112 valence electrons. The van der Waals surface area contributed by atoms with Crippen LogP contribution in [0.25, 0.3) is 0 Å². The van der Waals surface area contributed by atoms with Crippen LogP contribution in [0.5, 0.6) is 5.75 Å². The summed E-state index contributed by atoms with van der Waals surface area (Å²) in [5.74, 6) is -0.878. The topological polar surface area (TPSA) is 61.8 Å². The van der Waals surface area contributed by atoms with E-state index in [0.717, 1.165) is 6.07 Å². The Balaban J connectivity index is 2.68. The average Bonchev–Trinajstić information content (AvgIpc) is 2.34. The van der Waals surface area contributed by atoms with Crippen LogP contribution in [0, 0.1) is 5.82 Å². The van der Waals surface area contributed by atoms with Gasteiger partial charge in [0.2, 0.25) is 0 Å². The van der Waals surface area contributed by atoms with E-state index in [4.69, 9.17) is 4.74 Å². The lowest BCUT2D eigenvalue weighted by Gasteiger charge is -2.27. The third-order valence-corrected chi connectivity index (χ3v) is 2.71. The van der Waals surface area contributed by atoms with Crippen LogP contribution >= 0.6 is 0 Å². The molecule has 0 heterocycles. The Morgan fingerprint density at radius 2 is 2.15 bits per heavy atom. The van der Waals surface area contributed by atoms with E-state index >= 15 is 0 Å². The van der Waals surface area contributed by atoms with Gasteiger partial charge in [-0.25, -0.2) is 4.39 Å². The molecule has 1 rings (SSSR count). The van der Waals surface area contributed by atoms with Gasteiger partial charge in [0.1, 0.15) is 11.6 Å². The van der Waals surface area contributed by atoms with E-state index in [1.165, 1.54) is 19.2 Å². The first-order valence-corrected chi connectivity index (χ1v) is 6.24. The van der Waals surface area contributed by atoms with Crippen molar-refractivity contribution in [1.82, 2.24) is 10.2 Å². The number of aliphatic hydroxyl groups is 1. The Morgan fingerprint density at radius 1 is 1.50 bits per heavy atom. The van der Waals surface area contributed by atoms with Gasteiger partial charge in [-0.3, -0.25) is 4.79 Å². The zero-order valence-corrected chi connectivity index (χ0v) is 12.2. The van der Waals surface area contributed by atoms with Crippen LogP contribution in [0.3, 0.4) is 0 Å². The molecule has 1 aromatic rings. The molecule has 0 spiro atoms. The first kappa shape index (κ1) is 16.4. The Bertz CT molecular complexity index is 475. The number of rotatable bonds is 6. The van der Waals surface area contributed by atoms with Crippen LogP contribution < -0.4 is 10.1 Å². The molecule has 6 heteroatoms. The molecule has 20 heavy (non-hydrogen) atoms. The SMILES string of the molecule is COc1ccc(C(=O)NCC(C)(O)CN(C)C)c(F)c1. The molecule has 0 fully saturated rings. The molecule has 0 aromatic heterocycles. The van der Waals surface area contributed by atoms with Crippen molar-refractivity contribution in [1.29, 1.82) is 0 Å². The number of hydrogen-bond acceptors (Lipinski definition) is 4. The quantitative estimate of drug-likeness (QED) is 0.814. The highest BCUT2D eigenvalue weighted by molar-refractivity contribution is 5.94. The normalized spacial score (nSPS) is 13.9. The Labute approximate surface area is 118 Å². The van der Waals surface area contributed by atoms with Crippen molar-refractivity contribution in [3.05, 3.63) is 29.6 Å². The van der Waals surface area contributed by atoms with Gasteiger partial charge < -0.3 is 20.1 Å². The van der Waals surface area contributed by atoms with Crippen LogP contribution in [-0.4, -0.2) is 55.8 Å². The second-order valence-electron chi connectivity index (χ2n) is 5.26. The number of methoxy groups -OCH3 is 1. The molecule has 1 aromatic carbocycles. The minimum Gasteiger partial charge on any atom is -0.497 e. The van der Waals surface area contributed by atoms with Gasteiger partial charge in [0, 0.05) is 19.2 Å². The number of ether oxygens (including phenoxy) is 1. The second-order valence-corrected chi connectivity index (χ2v) is 5.26. The van der Waals surface area contributed by atoms with Gasteiger partial charge in [-0.05, 0) is 33.2 Å². The van der Waals surface area contributed by atoms with E-state index < -0.39 is 17.3 Å². The smallest absolute Gasteiger partial charge is 0.254 e. The molecule has 1 atom stereocenters. The average molecular weight is 284 g/mol. The van der Waals surface area contributed by atoms with E-state index in [2.05, 4.69) is 5.32 Å². The zero-order chi connectivity index (χ0) is 15.3. The van der Waals surface area contributed by atoms with E-state index in [1.54, 1.807) is 11.8 Å². The summed E-state index contributed by atoms with van der Waals surface area (Å²) >= 11 is 0. The first-order chi connectivity index (χ1) is 9.25. The maximum absolute atomic E-state index is 13.7. The molecular formula is C14H21FN2O3. The molecule has 0 aliphatic rings. The molecule has 0 aliphatic carbocycles. The molecule has 0 saturated carbocycles. The number of benzene rings is 1. The third kappa shape index (κ3) is 4.79. The summed E-state index contributed by atoms with van der Waals surface area (Å²) < 4.78 is 18.6. The number of likely N-dealkylation sites (N-methyl/N-ethyl adjacent to an activating group) is 1. The fraction of sp³-hybridized carbons (Fsp3) is 0.500. The van der Waals surface area contributed by atoms with Crippen LogP contribution in [-0.2, 0) is 0 Å². The number of carbonyl (C=O) groups excluding carboxylic acids is 1. The lowest BCUT2D eigenvalue weighted by atomic mass is 10.1. The molecule has 0 saturated heterocycles. The minimum absolute atomic E-state index is 0.0372. The Kier molecular flexibility index (Phi) is 5.47. The summed E-state index contributed by atoms with van der Waals surface area (Å²) in [5.41, 5.74) is -1.16. The van der Waals surface area contributed by atoms with E-state index in [1.807, 2.05) is 14.1 Å². The highest BCUT2D eigenvalue weighted by Crippen LogP contribution is 2.16. The lowest BCUT2D eigenvalue weighted by Crippen LogP contribution is -2.47. The van der Waals surface area contributed by atoms with Gasteiger partial charge in [-0.1, -0.05) is 0 Å². The van der Waals surface area contributed by atoms with Crippen molar-refractivity contribution in [2.45, 2.75) is 12.5 Å². The van der Waals surface area contributed by atoms with Crippen molar-refractivity contribution in [3.63, 3.8) is 0 Å². The predicted octanol–water partition coefficient (Wildman–Crippen LogP) is 0.877. The monoisotopic (exact) mass is 284 g/mol. The second kappa shape index (κ2) is 6.67. The van der Waals surface area contributed by atoms with Gasteiger partial charge in [-0.2, -0.15) is 0 Å². The molecule has 0 bridgehead atoms. The largest absolute Gasteiger partial charge is 0.497 e. The highest BCUT2D eigenvalue weighted by atomic mass is 19.1. The molecule has 1 amide bonds. The molecular weight excluding hydrogens is 263 g/mol. The number of hydrogen-bond donors (Lipinski definition) is 2. The maximum Gasteiger partial charge on any atom is 0.254 e. The van der Waals surface area contributed by atoms with Crippen molar-refractivity contribution >= 4 is 5.91 Å². The van der Waals surface area contributed by atoms with Crippen molar-refractivity contribution in [2.24, 2.45) is 0 Å². The minimum atomic E-state index is -1.08. The Hall–Kier alpha value is -1.66. The van der Waals surface area contributed by atoms with E-state index in [-0.39, 0.29) is 12.1 Å². The van der Waals surface area contributed by atoms with E-state index in [0.29, 0.717) is 12.3 Å². The van der Waals surface area contributed by atoms with Crippen molar-refractivity contribution < 1.29 is 19.0 Å². The standard InChI is InChI=1S/C14H21FN2O3/c1-14(19,9-17(2)3)8-16-13(18)11-6-5-10(20-4)7-12(11)15/h5-7,19H,8-9H2,1-4H3,(H,16,18). The lowest BCUT2D eigenvalue weighted by molar-refractivity contribution is 0.0325. The molecule has 5 nitrogen and oxygen atoms in total. The number of carbonyl (C=O) groups is 1. The predicted molar refractivity (Wildman–Crippen MR) is 74.5 cm³/mol.